The van der Waals surface area contributed by atoms with E-state index in [9.17, 15) is 14.7 Å². The zero-order valence-electron chi connectivity index (χ0n) is 10.8. The van der Waals surface area contributed by atoms with Gasteiger partial charge < -0.3 is 10.4 Å². The Morgan fingerprint density at radius 2 is 2.05 bits per heavy atom. The van der Waals surface area contributed by atoms with Gasteiger partial charge in [-0.2, -0.15) is 0 Å². The molecule has 19 heavy (non-hydrogen) atoms. The normalized spacial score (nSPS) is 34.0. The van der Waals surface area contributed by atoms with Gasteiger partial charge in [0.15, 0.2) is 5.60 Å². The van der Waals surface area contributed by atoms with E-state index in [1.54, 1.807) is 24.3 Å². The first-order valence-corrected chi connectivity index (χ1v) is 6.69. The highest BCUT2D eigenvalue weighted by Gasteiger charge is 2.54. The summed E-state index contributed by atoms with van der Waals surface area (Å²) in [7, 11) is 0. The molecule has 2 N–H and O–H groups in total. The summed E-state index contributed by atoms with van der Waals surface area (Å²) in [5, 5.41) is 13.6. The Hall–Kier alpha value is -1.68. The fourth-order valence-electron chi connectivity index (χ4n) is 3.23. The highest BCUT2D eigenvalue weighted by atomic mass is 16.3. The molecule has 2 aliphatic rings. The molecule has 0 spiro atoms. The largest absolute Gasteiger partial charge is 0.375 e. The summed E-state index contributed by atoms with van der Waals surface area (Å²) in [6.45, 7) is 2.06. The zero-order chi connectivity index (χ0) is 13.6. The average molecular weight is 259 g/mol. The highest BCUT2D eigenvalue weighted by Crippen LogP contribution is 2.45. The van der Waals surface area contributed by atoms with Gasteiger partial charge in [0, 0.05) is 17.7 Å². The molecule has 1 fully saturated rings. The van der Waals surface area contributed by atoms with Crippen LogP contribution in [-0.2, 0) is 15.2 Å². The van der Waals surface area contributed by atoms with E-state index in [1.807, 2.05) is 0 Å². The summed E-state index contributed by atoms with van der Waals surface area (Å²) in [5.74, 6) is -0.749. The van der Waals surface area contributed by atoms with E-state index in [0.717, 1.165) is 6.42 Å². The number of nitrogens with one attached hydrogen (secondary N) is 1. The molecule has 1 saturated carbocycles. The maximum atomic E-state index is 12.2. The van der Waals surface area contributed by atoms with Gasteiger partial charge in [-0.15, -0.1) is 0 Å². The Balaban J connectivity index is 2.07. The van der Waals surface area contributed by atoms with Crippen LogP contribution in [0.5, 0.6) is 0 Å². The van der Waals surface area contributed by atoms with E-state index in [0.29, 0.717) is 30.0 Å². The van der Waals surface area contributed by atoms with Crippen LogP contribution in [0.1, 0.15) is 31.7 Å². The molecule has 4 heteroatoms. The van der Waals surface area contributed by atoms with E-state index in [4.69, 9.17) is 0 Å². The second kappa shape index (κ2) is 4.17. The molecule has 4 nitrogen and oxygen atoms in total. The topological polar surface area (TPSA) is 66.4 Å². The molecule has 1 amide bonds. The van der Waals surface area contributed by atoms with Crippen LogP contribution >= 0.6 is 0 Å². The smallest absolute Gasteiger partial charge is 0.261 e. The summed E-state index contributed by atoms with van der Waals surface area (Å²) in [5.41, 5.74) is -0.545. The van der Waals surface area contributed by atoms with Crippen LogP contribution in [0.25, 0.3) is 0 Å². The number of rotatable bonds is 1. The number of benzene rings is 1. The molecule has 0 bridgehead atoms. The van der Waals surface area contributed by atoms with Crippen LogP contribution in [0.15, 0.2) is 24.3 Å². The number of amides is 1. The van der Waals surface area contributed by atoms with Gasteiger partial charge in [0.2, 0.25) is 0 Å². The summed E-state index contributed by atoms with van der Waals surface area (Å²) < 4.78 is 0. The number of hydrogen-bond donors (Lipinski definition) is 2. The molecule has 1 aliphatic carbocycles. The Kier molecular flexibility index (Phi) is 2.71. The molecule has 0 aromatic heterocycles. The van der Waals surface area contributed by atoms with Gasteiger partial charge in [0.1, 0.15) is 5.78 Å². The third kappa shape index (κ3) is 1.70. The number of carbonyl (C=O) groups is 2. The number of aliphatic hydroxyl groups is 1. The van der Waals surface area contributed by atoms with Gasteiger partial charge in [-0.3, -0.25) is 9.59 Å². The van der Waals surface area contributed by atoms with Crippen molar-refractivity contribution in [3.63, 3.8) is 0 Å². The van der Waals surface area contributed by atoms with E-state index < -0.39 is 17.4 Å². The third-order valence-corrected chi connectivity index (χ3v) is 4.35. The summed E-state index contributed by atoms with van der Waals surface area (Å²) in [4.78, 5) is 24.3. The van der Waals surface area contributed by atoms with Crippen molar-refractivity contribution in [1.82, 2.24) is 0 Å². The Morgan fingerprint density at radius 1 is 1.32 bits per heavy atom. The number of Topliss-reactive ketones (excluding diaryl/α,β-unsaturated/α-hetero) is 1. The lowest BCUT2D eigenvalue weighted by Crippen LogP contribution is -2.47. The third-order valence-electron chi connectivity index (χ3n) is 4.35. The van der Waals surface area contributed by atoms with Crippen molar-refractivity contribution in [3.05, 3.63) is 29.8 Å². The molecule has 100 valence electrons. The monoisotopic (exact) mass is 259 g/mol. The van der Waals surface area contributed by atoms with Crippen molar-refractivity contribution in [1.29, 1.82) is 0 Å². The first-order valence-electron chi connectivity index (χ1n) is 6.69. The second-order valence-electron chi connectivity index (χ2n) is 5.66. The van der Waals surface area contributed by atoms with Crippen LogP contribution in [0.3, 0.4) is 0 Å². The van der Waals surface area contributed by atoms with Crippen molar-refractivity contribution in [2.45, 2.75) is 31.8 Å². The minimum atomic E-state index is -1.69. The van der Waals surface area contributed by atoms with Crippen LogP contribution in [0.4, 0.5) is 5.69 Å². The molecule has 0 unspecified atom stereocenters. The molecular weight excluding hydrogens is 242 g/mol. The molecule has 1 aromatic rings. The number of carbonyl (C=O) groups excluding carboxylic acids is 2. The Morgan fingerprint density at radius 3 is 2.84 bits per heavy atom. The molecule has 0 saturated heterocycles. The number of ketones is 1. The summed E-state index contributed by atoms with van der Waals surface area (Å²) in [6, 6.07) is 7.05. The van der Waals surface area contributed by atoms with Gasteiger partial charge in [0.25, 0.3) is 5.91 Å². The lowest BCUT2D eigenvalue weighted by molar-refractivity contribution is -0.151. The molecular formula is C15H17NO3. The molecule has 3 rings (SSSR count). The predicted molar refractivity (Wildman–Crippen MR) is 70.5 cm³/mol. The fourth-order valence-corrected chi connectivity index (χ4v) is 3.23. The molecule has 0 radical (unpaired) electrons. The maximum Gasteiger partial charge on any atom is 0.261 e. The predicted octanol–water partition coefficient (Wildman–Crippen LogP) is 1.83. The quantitative estimate of drug-likeness (QED) is 0.808. The fraction of sp³-hybridized carbons (Fsp3) is 0.467. The summed E-state index contributed by atoms with van der Waals surface area (Å²) >= 11 is 0. The van der Waals surface area contributed by atoms with Crippen molar-refractivity contribution >= 4 is 17.4 Å². The van der Waals surface area contributed by atoms with Crippen LogP contribution < -0.4 is 5.32 Å². The number of para-hydroxylation sites is 1. The molecule has 1 aromatic carbocycles. The Bertz CT molecular complexity index is 554. The zero-order valence-corrected chi connectivity index (χ0v) is 10.8. The average Bonchev–Trinajstić information content (AvgIpc) is 2.66. The van der Waals surface area contributed by atoms with Crippen molar-refractivity contribution in [3.8, 4) is 0 Å². The number of anilines is 1. The van der Waals surface area contributed by atoms with Crippen LogP contribution in [0.2, 0.25) is 0 Å². The highest BCUT2D eigenvalue weighted by molar-refractivity contribution is 6.08. The Labute approximate surface area is 111 Å². The SMILES string of the molecule is C[C@H]1CCC(=O)[C@@H]([C@@]2(O)C(=O)Nc3ccccc32)C1. The van der Waals surface area contributed by atoms with E-state index in [2.05, 4.69) is 12.2 Å². The molecule has 3 atom stereocenters. The summed E-state index contributed by atoms with van der Waals surface area (Å²) in [6.07, 6.45) is 1.86. The first kappa shape index (κ1) is 12.4. The van der Waals surface area contributed by atoms with E-state index in [1.165, 1.54) is 0 Å². The maximum absolute atomic E-state index is 12.2. The van der Waals surface area contributed by atoms with Gasteiger partial charge in [-0.25, -0.2) is 0 Å². The minimum absolute atomic E-state index is 0.00699. The van der Waals surface area contributed by atoms with Crippen molar-refractivity contribution in [2.24, 2.45) is 11.8 Å². The second-order valence-corrected chi connectivity index (χ2v) is 5.66. The minimum Gasteiger partial charge on any atom is -0.375 e. The van der Waals surface area contributed by atoms with E-state index in [-0.39, 0.29) is 5.78 Å². The number of fused-ring (bicyclic) bond motifs is 1. The van der Waals surface area contributed by atoms with Gasteiger partial charge in [-0.1, -0.05) is 25.1 Å². The van der Waals surface area contributed by atoms with Crippen LogP contribution in [0, 0.1) is 11.8 Å². The van der Waals surface area contributed by atoms with Crippen molar-refractivity contribution in [2.75, 3.05) is 5.32 Å². The van der Waals surface area contributed by atoms with Gasteiger partial charge in [0.05, 0.1) is 5.92 Å². The lowest BCUT2D eigenvalue weighted by Gasteiger charge is -2.35. The van der Waals surface area contributed by atoms with E-state index >= 15 is 0 Å². The number of hydrogen-bond acceptors (Lipinski definition) is 3. The first-order chi connectivity index (χ1) is 9.03. The van der Waals surface area contributed by atoms with Crippen molar-refractivity contribution < 1.29 is 14.7 Å². The lowest BCUT2D eigenvalue weighted by atomic mass is 9.70. The van der Waals surface area contributed by atoms with Crippen LogP contribution in [-0.4, -0.2) is 16.8 Å². The van der Waals surface area contributed by atoms with Gasteiger partial charge >= 0.3 is 0 Å². The van der Waals surface area contributed by atoms with Gasteiger partial charge in [-0.05, 0) is 24.8 Å². The molecule has 1 heterocycles. The molecule has 1 aliphatic heterocycles. The standard InChI is InChI=1S/C15H17NO3/c1-9-6-7-13(17)11(8-9)15(19)10-4-2-3-5-12(10)16-14(15)18/h2-5,9,11,19H,6-8H2,1H3,(H,16,18)/t9-,11-,15+/m0/s1.